The first-order valence-corrected chi connectivity index (χ1v) is 9.38. The molecule has 0 aliphatic heterocycles. The first-order chi connectivity index (χ1) is 10.1. The van der Waals surface area contributed by atoms with Crippen molar-refractivity contribution in [1.82, 2.24) is 0 Å². The molecule has 1 aliphatic carbocycles. The van der Waals surface area contributed by atoms with E-state index in [1.807, 2.05) is 0 Å². The molecule has 1 aliphatic rings. The highest BCUT2D eigenvalue weighted by atomic mass is 14.3. The monoisotopic (exact) mass is 290 g/mol. The van der Waals surface area contributed by atoms with Gasteiger partial charge in [0.1, 0.15) is 0 Å². The van der Waals surface area contributed by atoms with Gasteiger partial charge < -0.3 is 0 Å². The van der Waals surface area contributed by atoms with Crippen LogP contribution in [0.15, 0.2) is 24.3 Å². The number of hydrogen-bond acceptors (Lipinski definition) is 0. The number of unbranched alkanes of at least 4 members (excludes halogenated alkanes) is 2. The molecule has 0 aromatic heterocycles. The first kappa shape index (κ1) is 18.5. The predicted molar refractivity (Wildman–Crippen MR) is 96.6 cm³/mol. The van der Waals surface area contributed by atoms with Gasteiger partial charge in [-0.15, -0.1) is 6.58 Å². The Morgan fingerprint density at radius 2 is 1.71 bits per heavy atom. The summed E-state index contributed by atoms with van der Waals surface area (Å²) in [5.41, 5.74) is 2.84. The van der Waals surface area contributed by atoms with Crippen molar-refractivity contribution >= 4 is 0 Å². The largest absolute Gasteiger partial charge is 0.100 e. The molecule has 3 unspecified atom stereocenters. The van der Waals surface area contributed by atoms with Crippen LogP contribution in [-0.2, 0) is 0 Å². The summed E-state index contributed by atoms with van der Waals surface area (Å²) in [6, 6.07) is 0. The molecule has 122 valence electrons. The average molecular weight is 291 g/mol. The molecule has 0 spiro atoms. The van der Waals surface area contributed by atoms with Gasteiger partial charge in [-0.3, -0.25) is 0 Å². The van der Waals surface area contributed by atoms with Crippen molar-refractivity contribution in [3.8, 4) is 0 Å². The van der Waals surface area contributed by atoms with Gasteiger partial charge in [-0.2, -0.15) is 0 Å². The maximum Gasteiger partial charge on any atom is -0.0203 e. The fraction of sp³-hybridized carbons (Fsp3) is 0.810. The van der Waals surface area contributed by atoms with Gasteiger partial charge in [0.25, 0.3) is 0 Å². The lowest BCUT2D eigenvalue weighted by molar-refractivity contribution is 0.173. The van der Waals surface area contributed by atoms with Gasteiger partial charge in [0.2, 0.25) is 0 Å². The molecule has 21 heavy (non-hydrogen) atoms. The van der Waals surface area contributed by atoms with Crippen LogP contribution in [0.1, 0.15) is 91.4 Å². The third kappa shape index (κ3) is 6.85. The number of rotatable bonds is 10. The third-order valence-corrected chi connectivity index (χ3v) is 5.53. The topological polar surface area (TPSA) is 0 Å². The van der Waals surface area contributed by atoms with Crippen LogP contribution in [0.5, 0.6) is 0 Å². The second kappa shape index (κ2) is 10.2. The predicted octanol–water partition coefficient (Wildman–Crippen LogP) is 7.31. The molecule has 0 radical (unpaired) electrons. The van der Waals surface area contributed by atoms with E-state index in [2.05, 4.69) is 33.9 Å². The molecule has 0 amide bonds. The molecule has 0 aromatic rings. The highest BCUT2D eigenvalue weighted by Crippen LogP contribution is 2.41. The number of hydrogen-bond donors (Lipinski definition) is 0. The van der Waals surface area contributed by atoms with E-state index in [9.17, 15) is 0 Å². The fourth-order valence-electron chi connectivity index (χ4n) is 4.03. The molecule has 0 aromatic carbocycles. The standard InChI is InChI=1S/C21H38/c1-6-7-14-20-15-10-11-16-21(20)19(5)18(4)13-9-8-12-17(2)3/h19-21H,2,4,6-16H2,1,3,5H3. The van der Waals surface area contributed by atoms with Gasteiger partial charge in [0.15, 0.2) is 0 Å². The summed E-state index contributed by atoms with van der Waals surface area (Å²) in [7, 11) is 0. The van der Waals surface area contributed by atoms with Gasteiger partial charge in [0, 0.05) is 0 Å². The lowest BCUT2D eigenvalue weighted by atomic mass is 9.69. The summed E-state index contributed by atoms with van der Waals surface area (Å²) in [6.07, 6.45) is 15.0. The van der Waals surface area contributed by atoms with E-state index in [0.717, 1.165) is 17.8 Å². The van der Waals surface area contributed by atoms with Gasteiger partial charge >= 0.3 is 0 Å². The van der Waals surface area contributed by atoms with Gasteiger partial charge in [-0.1, -0.05) is 70.1 Å². The zero-order valence-electron chi connectivity index (χ0n) is 14.9. The maximum absolute atomic E-state index is 4.44. The van der Waals surface area contributed by atoms with Crippen LogP contribution >= 0.6 is 0 Å². The maximum atomic E-state index is 4.44. The second-order valence-electron chi connectivity index (χ2n) is 7.46. The van der Waals surface area contributed by atoms with Crippen molar-refractivity contribution in [1.29, 1.82) is 0 Å². The Labute approximate surface area is 134 Å². The molecule has 0 bridgehead atoms. The van der Waals surface area contributed by atoms with E-state index >= 15 is 0 Å². The normalized spacial score (nSPS) is 23.8. The SMILES string of the molecule is C=C(C)CCCCC(=C)C(C)C1CCCCC1CCCC. The summed E-state index contributed by atoms with van der Waals surface area (Å²) in [4.78, 5) is 0. The van der Waals surface area contributed by atoms with Crippen LogP contribution < -0.4 is 0 Å². The van der Waals surface area contributed by atoms with E-state index in [-0.39, 0.29) is 0 Å². The van der Waals surface area contributed by atoms with E-state index in [1.54, 1.807) is 0 Å². The quantitative estimate of drug-likeness (QED) is 0.292. The summed E-state index contributed by atoms with van der Waals surface area (Å²) in [5, 5.41) is 0. The molecule has 0 N–H and O–H groups in total. The van der Waals surface area contributed by atoms with Gasteiger partial charge in [-0.05, 0) is 56.8 Å². The molecular formula is C21H38. The highest BCUT2D eigenvalue weighted by Gasteiger charge is 2.29. The minimum Gasteiger partial charge on any atom is -0.100 e. The molecule has 0 nitrogen and oxygen atoms in total. The van der Waals surface area contributed by atoms with Crippen LogP contribution in [0.2, 0.25) is 0 Å². The number of allylic oxidation sites excluding steroid dienone is 2. The van der Waals surface area contributed by atoms with E-state index in [0.29, 0.717) is 0 Å². The van der Waals surface area contributed by atoms with Gasteiger partial charge in [-0.25, -0.2) is 0 Å². The average Bonchev–Trinajstić information content (AvgIpc) is 2.48. The Morgan fingerprint density at radius 3 is 2.38 bits per heavy atom. The Hall–Kier alpha value is -0.520. The Morgan fingerprint density at radius 1 is 1.05 bits per heavy atom. The Kier molecular flexibility index (Phi) is 9.04. The lowest BCUT2D eigenvalue weighted by Gasteiger charge is -2.37. The zero-order chi connectivity index (χ0) is 15.7. The van der Waals surface area contributed by atoms with Crippen molar-refractivity contribution in [2.45, 2.75) is 91.4 Å². The smallest absolute Gasteiger partial charge is 0.0203 e. The Balaban J connectivity index is 2.40. The molecule has 3 atom stereocenters. The van der Waals surface area contributed by atoms with Crippen molar-refractivity contribution in [3.05, 3.63) is 24.3 Å². The molecule has 0 heteroatoms. The van der Waals surface area contributed by atoms with Crippen LogP contribution in [0.3, 0.4) is 0 Å². The summed E-state index contributed by atoms with van der Waals surface area (Å²) < 4.78 is 0. The fourth-order valence-corrected chi connectivity index (χ4v) is 4.03. The molecule has 0 heterocycles. The van der Waals surface area contributed by atoms with E-state index < -0.39 is 0 Å². The molecule has 0 saturated heterocycles. The summed E-state index contributed by atoms with van der Waals surface area (Å²) in [6.45, 7) is 15.3. The summed E-state index contributed by atoms with van der Waals surface area (Å²) in [5.74, 6) is 2.62. The highest BCUT2D eigenvalue weighted by molar-refractivity contribution is 5.03. The molecular weight excluding hydrogens is 252 g/mol. The molecule has 1 rings (SSSR count). The van der Waals surface area contributed by atoms with Crippen LogP contribution in [-0.4, -0.2) is 0 Å². The van der Waals surface area contributed by atoms with Crippen molar-refractivity contribution < 1.29 is 0 Å². The molecule has 1 saturated carbocycles. The van der Waals surface area contributed by atoms with Crippen molar-refractivity contribution in [2.75, 3.05) is 0 Å². The van der Waals surface area contributed by atoms with E-state index in [1.165, 1.54) is 81.8 Å². The lowest BCUT2D eigenvalue weighted by Crippen LogP contribution is -2.26. The zero-order valence-corrected chi connectivity index (χ0v) is 14.9. The van der Waals surface area contributed by atoms with Crippen LogP contribution in [0.25, 0.3) is 0 Å². The van der Waals surface area contributed by atoms with E-state index in [4.69, 9.17) is 0 Å². The van der Waals surface area contributed by atoms with Crippen molar-refractivity contribution in [3.63, 3.8) is 0 Å². The summed E-state index contributed by atoms with van der Waals surface area (Å²) >= 11 is 0. The van der Waals surface area contributed by atoms with Crippen LogP contribution in [0.4, 0.5) is 0 Å². The first-order valence-electron chi connectivity index (χ1n) is 9.38. The second-order valence-corrected chi connectivity index (χ2v) is 7.46. The van der Waals surface area contributed by atoms with Gasteiger partial charge in [0.05, 0.1) is 0 Å². The molecule has 1 fully saturated rings. The van der Waals surface area contributed by atoms with Crippen molar-refractivity contribution in [2.24, 2.45) is 17.8 Å². The minimum atomic E-state index is 0.733. The Bertz CT molecular complexity index is 312. The third-order valence-electron chi connectivity index (χ3n) is 5.53. The minimum absolute atomic E-state index is 0.733. The van der Waals surface area contributed by atoms with Crippen LogP contribution in [0, 0.1) is 17.8 Å².